The smallest absolute Gasteiger partial charge is 0.418 e. The van der Waals surface area contributed by atoms with E-state index >= 15 is 0 Å². The SMILES string of the molecule is C[C@]1(c2ccc(Cl)cc2F)Oc2cccc(C3CCN(Cc4ncc(-c5nn[nH]n5)cc4C(F)(F)F)CC3)c2O1. The average molecular weight is 575 g/mol. The molecule has 6 rings (SSSR count). The van der Waals surface area contributed by atoms with E-state index in [4.69, 9.17) is 21.1 Å². The Morgan fingerprint density at radius 1 is 1.12 bits per heavy atom. The number of benzene rings is 2. The number of rotatable bonds is 5. The molecule has 2 aliphatic heterocycles. The molecule has 8 nitrogen and oxygen atoms in total. The van der Waals surface area contributed by atoms with Crippen LogP contribution in [0.25, 0.3) is 11.4 Å². The molecule has 1 N–H and O–H groups in total. The van der Waals surface area contributed by atoms with E-state index in [1.165, 1.54) is 12.3 Å². The van der Waals surface area contributed by atoms with Crippen molar-refractivity contribution < 1.29 is 27.0 Å². The van der Waals surface area contributed by atoms with Crippen molar-refractivity contribution in [3.8, 4) is 22.9 Å². The van der Waals surface area contributed by atoms with E-state index < -0.39 is 23.3 Å². The number of nitrogens with zero attached hydrogens (tertiary/aromatic N) is 5. The topological polar surface area (TPSA) is 89.1 Å². The van der Waals surface area contributed by atoms with Gasteiger partial charge in [0.05, 0.1) is 16.8 Å². The lowest BCUT2D eigenvalue weighted by Gasteiger charge is -2.33. The standard InChI is InChI=1S/C27H23ClF4N6O2/c1-26(19-6-5-17(28)12-21(19)29)39-23-4-2-3-18(24(23)40-26)15-7-9-38(10-8-15)14-22-20(27(30,31)32)11-16(13-33-22)25-34-36-37-35-25/h2-6,11-13,15H,7-10,14H2,1H3,(H,34,35,36,37)/t26-/m0/s1. The van der Waals surface area contributed by atoms with Gasteiger partial charge >= 0.3 is 6.18 Å². The summed E-state index contributed by atoms with van der Waals surface area (Å²) < 4.78 is 68.7. The largest absolute Gasteiger partial charge is 0.444 e. The zero-order valence-electron chi connectivity index (χ0n) is 21.2. The van der Waals surface area contributed by atoms with Crippen molar-refractivity contribution >= 4 is 11.6 Å². The number of nitrogens with one attached hydrogen (secondary N) is 1. The lowest BCUT2D eigenvalue weighted by Crippen LogP contribution is -2.34. The molecule has 1 fully saturated rings. The number of halogens is 5. The quantitative estimate of drug-likeness (QED) is 0.288. The fraction of sp³-hybridized carbons (Fsp3) is 0.333. The predicted octanol–water partition coefficient (Wildman–Crippen LogP) is 6.10. The Balaban J connectivity index is 1.17. The molecule has 2 aliphatic rings. The van der Waals surface area contributed by atoms with E-state index in [0.717, 1.165) is 11.6 Å². The molecule has 208 valence electrons. The van der Waals surface area contributed by atoms with Crippen molar-refractivity contribution in [3.63, 3.8) is 0 Å². The number of para-hydroxylation sites is 1. The van der Waals surface area contributed by atoms with Crippen LogP contribution >= 0.6 is 11.6 Å². The minimum absolute atomic E-state index is 0.0434. The Bertz CT molecular complexity index is 1540. The van der Waals surface area contributed by atoms with Gasteiger partial charge < -0.3 is 9.47 Å². The number of hydrogen-bond donors (Lipinski definition) is 1. The molecule has 0 amide bonds. The van der Waals surface area contributed by atoms with Crippen molar-refractivity contribution in [2.45, 2.75) is 44.2 Å². The molecule has 1 atom stereocenters. The molecule has 2 aromatic heterocycles. The summed E-state index contributed by atoms with van der Waals surface area (Å²) in [5, 5.41) is 13.4. The minimum atomic E-state index is -4.58. The Labute approximate surface area is 231 Å². The summed E-state index contributed by atoms with van der Waals surface area (Å²) in [6.45, 7) is 2.82. The van der Waals surface area contributed by atoms with Crippen LogP contribution in [0.4, 0.5) is 17.6 Å². The molecule has 1 saturated heterocycles. The first-order valence-corrected chi connectivity index (χ1v) is 13.0. The van der Waals surface area contributed by atoms with Crippen LogP contribution in [0.1, 0.15) is 48.1 Å². The van der Waals surface area contributed by atoms with Gasteiger partial charge in [-0.15, -0.1) is 10.2 Å². The van der Waals surface area contributed by atoms with E-state index in [1.54, 1.807) is 25.1 Å². The first-order valence-electron chi connectivity index (χ1n) is 12.6. The summed E-state index contributed by atoms with van der Waals surface area (Å²) in [5.74, 6) is -0.700. The Hall–Kier alpha value is -3.77. The van der Waals surface area contributed by atoms with Crippen molar-refractivity contribution in [1.29, 1.82) is 0 Å². The third-order valence-corrected chi connectivity index (χ3v) is 7.55. The van der Waals surface area contributed by atoms with Crippen molar-refractivity contribution in [3.05, 3.63) is 81.9 Å². The van der Waals surface area contributed by atoms with Gasteiger partial charge in [-0.1, -0.05) is 23.7 Å². The number of piperidine rings is 1. The molecule has 0 bridgehead atoms. The monoisotopic (exact) mass is 574 g/mol. The number of fused-ring (bicyclic) bond motifs is 1. The molecule has 0 aliphatic carbocycles. The lowest BCUT2D eigenvalue weighted by molar-refractivity contribution is -0.138. The molecule has 2 aromatic carbocycles. The zero-order chi connectivity index (χ0) is 28.1. The number of alkyl halides is 3. The van der Waals surface area contributed by atoms with Crippen LogP contribution in [-0.2, 0) is 18.5 Å². The summed E-state index contributed by atoms with van der Waals surface area (Å²) in [5.41, 5.74) is 0.406. The summed E-state index contributed by atoms with van der Waals surface area (Å²) in [6.07, 6.45) is -1.88. The third kappa shape index (κ3) is 4.97. The van der Waals surface area contributed by atoms with Crippen LogP contribution in [0.15, 0.2) is 48.7 Å². The zero-order valence-corrected chi connectivity index (χ0v) is 21.9. The maximum Gasteiger partial charge on any atom is 0.418 e. The number of hydrogen-bond acceptors (Lipinski definition) is 7. The van der Waals surface area contributed by atoms with Crippen LogP contribution in [-0.4, -0.2) is 43.6 Å². The Morgan fingerprint density at radius 3 is 2.62 bits per heavy atom. The summed E-state index contributed by atoms with van der Waals surface area (Å²) in [7, 11) is 0. The second-order valence-electron chi connectivity index (χ2n) is 9.95. The lowest BCUT2D eigenvalue weighted by atomic mass is 9.88. The second kappa shape index (κ2) is 10.0. The maximum atomic E-state index is 14.7. The number of pyridine rings is 1. The number of aromatic amines is 1. The Morgan fingerprint density at radius 2 is 1.93 bits per heavy atom. The minimum Gasteiger partial charge on any atom is -0.444 e. The molecular formula is C27H23ClF4N6O2. The van der Waals surface area contributed by atoms with Gasteiger partial charge in [0.25, 0.3) is 5.79 Å². The normalized spacial score (nSPS) is 19.8. The average Bonchev–Trinajstić information content (AvgIpc) is 3.57. The van der Waals surface area contributed by atoms with Gasteiger partial charge in [-0.05, 0) is 67.4 Å². The molecular weight excluding hydrogens is 552 g/mol. The van der Waals surface area contributed by atoms with Gasteiger partial charge in [-0.3, -0.25) is 9.88 Å². The van der Waals surface area contributed by atoms with E-state index in [1.807, 2.05) is 17.0 Å². The highest BCUT2D eigenvalue weighted by Gasteiger charge is 2.43. The van der Waals surface area contributed by atoms with E-state index in [2.05, 4.69) is 25.6 Å². The highest BCUT2D eigenvalue weighted by Crippen LogP contribution is 2.50. The van der Waals surface area contributed by atoms with Crippen LogP contribution in [0.2, 0.25) is 5.02 Å². The van der Waals surface area contributed by atoms with Crippen LogP contribution in [0, 0.1) is 5.82 Å². The van der Waals surface area contributed by atoms with Crippen molar-refractivity contribution in [1.82, 2.24) is 30.5 Å². The van der Waals surface area contributed by atoms with Gasteiger partial charge in [-0.2, -0.15) is 18.4 Å². The maximum absolute atomic E-state index is 14.7. The number of H-pyrrole nitrogens is 1. The van der Waals surface area contributed by atoms with E-state index in [-0.39, 0.29) is 40.1 Å². The summed E-state index contributed by atoms with van der Waals surface area (Å²) in [6, 6.07) is 10.9. The number of likely N-dealkylation sites (tertiary alicyclic amines) is 1. The Kier molecular flexibility index (Phi) is 6.62. The first-order chi connectivity index (χ1) is 19.1. The molecule has 0 saturated carbocycles. The highest BCUT2D eigenvalue weighted by molar-refractivity contribution is 6.30. The third-order valence-electron chi connectivity index (χ3n) is 7.31. The fourth-order valence-corrected chi connectivity index (χ4v) is 5.48. The molecule has 0 unspecified atom stereocenters. The molecule has 4 heterocycles. The highest BCUT2D eigenvalue weighted by atomic mass is 35.5. The molecule has 40 heavy (non-hydrogen) atoms. The fourth-order valence-electron chi connectivity index (χ4n) is 5.32. The van der Waals surface area contributed by atoms with Gasteiger partial charge in [0, 0.05) is 35.8 Å². The molecule has 4 aromatic rings. The van der Waals surface area contributed by atoms with Crippen molar-refractivity contribution in [2.24, 2.45) is 0 Å². The molecule has 0 spiro atoms. The van der Waals surface area contributed by atoms with Gasteiger partial charge in [0.1, 0.15) is 5.82 Å². The van der Waals surface area contributed by atoms with E-state index in [9.17, 15) is 17.6 Å². The van der Waals surface area contributed by atoms with Crippen LogP contribution in [0.5, 0.6) is 11.5 Å². The summed E-state index contributed by atoms with van der Waals surface area (Å²) >= 11 is 5.91. The van der Waals surface area contributed by atoms with Crippen LogP contribution in [0.3, 0.4) is 0 Å². The first kappa shape index (κ1) is 26.5. The molecule has 13 heteroatoms. The number of ether oxygens (including phenoxy) is 2. The van der Waals surface area contributed by atoms with Gasteiger partial charge in [0.2, 0.25) is 5.82 Å². The molecule has 0 radical (unpaired) electrons. The van der Waals surface area contributed by atoms with Gasteiger partial charge in [0.15, 0.2) is 11.5 Å². The number of aromatic nitrogens is 5. The van der Waals surface area contributed by atoms with Crippen molar-refractivity contribution in [2.75, 3.05) is 13.1 Å². The second-order valence-corrected chi connectivity index (χ2v) is 10.4. The van der Waals surface area contributed by atoms with E-state index in [0.29, 0.717) is 37.4 Å². The van der Waals surface area contributed by atoms with Gasteiger partial charge in [-0.25, -0.2) is 4.39 Å². The number of tetrazole rings is 1. The van der Waals surface area contributed by atoms with Crippen LogP contribution < -0.4 is 9.47 Å². The summed E-state index contributed by atoms with van der Waals surface area (Å²) in [4.78, 5) is 6.07. The predicted molar refractivity (Wildman–Crippen MR) is 136 cm³/mol.